The van der Waals surface area contributed by atoms with E-state index >= 15 is 0 Å². The van der Waals surface area contributed by atoms with Gasteiger partial charge in [0.2, 0.25) is 0 Å². The van der Waals surface area contributed by atoms with Crippen molar-refractivity contribution in [1.82, 2.24) is 10.2 Å². The minimum atomic E-state index is 0.459. The average molecular weight is 239 g/mol. The molecule has 0 saturated carbocycles. The zero-order chi connectivity index (χ0) is 11.5. The molecule has 3 heteroatoms. The van der Waals surface area contributed by atoms with Crippen LogP contribution in [0.1, 0.15) is 18.0 Å². The second-order valence-corrected chi connectivity index (χ2v) is 4.96. The van der Waals surface area contributed by atoms with Crippen molar-refractivity contribution in [3.05, 3.63) is 34.9 Å². The number of hydrogen-bond donors (Lipinski definition) is 1. The third kappa shape index (κ3) is 2.24. The van der Waals surface area contributed by atoms with Gasteiger partial charge in [0.25, 0.3) is 0 Å². The monoisotopic (exact) mass is 238 g/mol. The number of nitrogens with zero attached hydrogens (tertiary/aromatic N) is 1. The zero-order valence-electron chi connectivity index (χ0n) is 9.91. The van der Waals surface area contributed by atoms with Gasteiger partial charge in [0.1, 0.15) is 0 Å². The molecule has 2 nitrogen and oxygen atoms in total. The van der Waals surface area contributed by atoms with Crippen molar-refractivity contribution in [2.45, 2.75) is 12.5 Å². The molecule has 0 aliphatic carbocycles. The summed E-state index contributed by atoms with van der Waals surface area (Å²) in [4.78, 5) is 2.41. The first-order chi connectivity index (χ1) is 7.74. The predicted molar refractivity (Wildman–Crippen MR) is 68.9 cm³/mol. The molecule has 1 aromatic carbocycles. The van der Waals surface area contributed by atoms with E-state index in [2.05, 4.69) is 29.4 Å². The van der Waals surface area contributed by atoms with E-state index in [1.165, 1.54) is 12.0 Å². The topological polar surface area (TPSA) is 15.3 Å². The summed E-state index contributed by atoms with van der Waals surface area (Å²) in [6.07, 6.45) is 1.24. The summed E-state index contributed by atoms with van der Waals surface area (Å²) >= 11 is 6.29. The maximum absolute atomic E-state index is 6.29. The van der Waals surface area contributed by atoms with Gasteiger partial charge >= 0.3 is 0 Å². The average Bonchev–Trinajstić information content (AvgIpc) is 2.62. The summed E-state index contributed by atoms with van der Waals surface area (Å²) in [6.45, 7) is 2.21. The van der Waals surface area contributed by atoms with Crippen LogP contribution < -0.4 is 5.32 Å². The number of rotatable bonds is 3. The van der Waals surface area contributed by atoms with Gasteiger partial charge in [-0.1, -0.05) is 29.8 Å². The Kier molecular flexibility index (Phi) is 3.85. The van der Waals surface area contributed by atoms with Crippen molar-refractivity contribution >= 4 is 11.6 Å². The molecule has 1 saturated heterocycles. The van der Waals surface area contributed by atoms with E-state index in [0.717, 1.165) is 18.1 Å². The Morgan fingerprint density at radius 1 is 1.44 bits per heavy atom. The molecular formula is C13H19ClN2. The largest absolute Gasteiger partial charge is 0.319 e. The lowest BCUT2D eigenvalue weighted by atomic mass is 9.93. The van der Waals surface area contributed by atoms with E-state index in [1.807, 2.05) is 19.2 Å². The molecule has 0 amide bonds. The summed E-state index contributed by atoms with van der Waals surface area (Å²) < 4.78 is 0. The highest BCUT2D eigenvalue weighted by atomic mass is 35.5. The molecule has 0 spiro atoms. The smallest absolute Gasteiger partial charge is 0.0453 e. The van der Waals surface area contributed by atoms with Crippen LogP contribution in [0.4, 0.5) is 0 Å². The molecule has 0 bridgehead atoms. The summed E-state index contributed by atoms with van der Waals surface area (Å²) in [5.41, 5.74) is 1.27. The Bertz CT molecular complexity index is 352. The maximum Gasteiger partial charge on any atom is 0.0453 e. The van der Waals surface area contributed by atoms with Gasteiger partial charge in [0.15, 0.2) is 0 Å². The molecule has 2 unspecified atom stereocenters. The van der Waals surface area contributed by atoms with Crippen LogP contribution in [0.15, 0.2) is 24.3 Å². The molecule has 0 radical (unpaired) electrons. The van der Waals surface area contributed by atoms with Crippen molar-refractivity contribution in [1.29, 1.82) is 0 Å². The molecule has 88 valence electrons. The molecule has 1 heterocycles. The van der Waals surface area contributed by atoms with Crippen molar-refractivity contribution in [3.8, 4) is 0 Å². The van der Waals surface area contributed by atoms with Gasteiger partial charge in [0, 0.05) is 11.1 Å². The van der Waals surface area contributed by atoms with E-state index in [1.54, 1.807) is 0 Å². The van der Waals surface area contributed by atoms with Crippen LogP contribution in [0.2, 0.25) is 5.02 Å². The van der Waals surface area contributed by atoms with Gasteiger partial charge in [0.05, 0.1) is 0 Å². The van der Waals surface area contributed by atoms with E-state index in [0.29, 0.717) is 12.0 Å². The van der Waals surface area contributed by atoms with Gasteiger partial charge in [-0.2, -0.15) is 0 Å². The lowest BCUT2D eigenvalue weighted by Gasteiger charge is -2.26. The molecule has 2 atom stereocenters. The fourth-order valence-electron chi connectivity index (χ4n) is 2.71. The van der Waals surface area contributed by atoms with Gasteiger partial charge in [-0.15, -0.1) is 0 Å². The lowest BCUT2D eigenvalue weighted by molar-refractivity contribution is 0.274. The van der Waals surface area contributed by atoms with E-state index in [-0.39, 0.29) is 0 Å². The van der Waals surface area contributed by atoms with E-state index < -0.39 is 0 Å². The SMILES string of the molecule is CNCC1CCN(C)C1c1ccccc1Cl. The summed E-state index contributed by atoms with van der Waals surface area (Å²) in [7, 11) is 4.20. The first-order valence-corrected chi connectivity index (χ1v) is 6.21. The summed E-state index contributed by atoms with van der Waals surface area (Å²) in [5.74, 6) is 0.662. The highest BCUT2D eigenvalue weighted by Gasteiger charge is 2.33. The van der Waals surface area contributed by atoms with Crippen LogP contribution in [0.3, 0.4) is 0 Å². The van der Waals surface area contributed by atoms with Gasteiger partial charge in [-0.25, -0.2) is 0 Å². The molecule has 1 aromatic rings. The van der Waals surface area contributed by atoms with Gasteiger partial charge in [-0.3, -0.25) is 4.90 Å². The first kappa shape index (κ1) is 11.9. The van der Waals surface area contributed by atoms with Crippen LogP contribution >= 0.6 is 11.6 Å². The Hall–Kier alpha value is -0.570. The van der Waals surface area contributed by atoms with Crippen LogP contribution in [0.5, 0.6) is 0 Å². The Balaban J connectivity index is 2.26. The second kappa shape index (κ2) is 5.17. The van der Waals surface area contributed by atoms with E-state index in [9.17, 15) is 0 Å². The highest BCUT2D eigenvalue weighted by molar-refractivity contribution is 6.31. The number of nitrogens with one attached hydrogen (secondary N) is 1. The van der Waals surface area contributed by atoms with Crippen LogP contribution in [0.25, 0.3) is 0 Å². The number of likely N-dealkylation sites (tertiary alicyclic amines) is 1. The highest BCUT2D eigenvalue weighted by Crippen LogP contribution is 2.38. The Morgan fingerprint density at radius 2 is 2.19 bits per heavy atom. The molecule has 2 rings (SSSR count). The molecule has 1 aliphatic rings. The third-order valence-corrected chi connectivity index (χ3v) is 3.81. The zero-order valence-corrected chi connectivity index (χ0v) is 10.7. The molecular weight excluding hydrogens is 220 g/mol. The van der Waals surface area contributed by atoms with Crippen molar-refractivity contribution in [3.63, 3.8) is 0 Å². The van der Waals surface area contributed by atoms with Gasteiger partial charge < -0.3 is 5.32 Å². The fourth-order valence-corrected chi connectivity index (χ4v) is 2.96. The predicted octanol–water partition coefficient (Wildman–Crippen LogP) is 2.55. The minimum absolute atomic E-state index is 0.459. The maximum atomic E-state index is 6.29. The standard InChI is InChI=1S/C13H19ClN2/c1-15-9-10-7-8-16(2)13(10)11-5-3-4-6-12(11)14/h3-6,10,13,15H,7-9H2,1-2H3. The number of halogens is 1. The first-order valence-electron chi connectivity index (χ1n) is 5.83. The summed E-state index contributed by atoms with van der Waals surface area (Å²) in [5, 5.41) is 4.17. The van der Waals surface area contributed by atoms with Gasteiger partial charge in [-0.05, 0) is 51.2 Å². The second-order valence-electron chi connectivity index (χ2n) is 4.55. The van der Waals surface area contributed by atoms with Crippen LogP contribution in [-0.4, -0.2) is 32.1 Å². The lowest BCUT2D eigenvalue weighted by Crippen LogP contribution is -2.26. The Labute approximate surface area is 103 Å². The van der Waals surface area contributed by atoms with Crippen LogP contribution in [-0.2, 0) is 0 Å². The normalized spacial score (nSPS) is 26.2. The van der Waals surface area contributed by atoms with E-state index in [4.69, 9.17) is 11.6 Å². The number of hydrogen-bond acceptors (Lipinski definition) is 2. The Morgan fingerprint density at radius 3 is 2.88 bits per heavy atom. The molecule has 0 aromatic heterocycles. The van der Waals surface area contributed by atoms with Crippen molar-refractivity contribution in [2.75, 3.05) is 27.2 Å². The fraction of sp³-hybridized carbons (Fsp3) is 0.538. The quantitative estimate of drug-likeness (QED) is 0.871. The van der Waals surface area contributed by atoms with Crippen molar-refractivity contribution in [2.24, 2.45) is 5.92 Å². The third-order valence-electron chi connectivity index (χ3n) is 3.46. The molecule has 1 fully saturated rings. The summed E-state index contributed by atoms with van der Waals surface area (Å²) in [6, 6.07) is 8.66. The molecule has 1 aliphatic heterocycles. The van der Waals surface area contributed by atoms with Crippen LogP contribution in [0, 0.1) is 5.92 Å². The molecule has 1 N–H and O–H groups in total. The van der Waals surface area contributed by atoms with Crippen molar-refractivity contribution < 1.29 is 0 Å². The molecule has 16 heavy (non-hydrogen) atoms. The number of benzene rings is 1. The minimum Gasteiger partial charge on any atom is -0.319 e.